The number of halogens is 3. The summed E-state index contributed by atoms with van der Waals surface area (Å²) in [4.78, 5) is 7.95. The molecule has 2 rings (SSSR count). The Bertz CT molecular complexity index is 505. The van der Waals surface area contributed by atoms with Crippen LogP contribution in [0.5, 0.6) is 0 Å². The molecule has 0 amide bonds. The third-order valence-electron chi connectivity index (χ3n) is 1.84. The predicted octanol–water partition coefficient (Wildman–Crippen LogP) is 3.70. The lowest BCUT2D eigenvalue weighted by atomic mass is 10.1. The summed E-state index contributed by atoms with van der Waals surface area (Å²) in [7, 11) is 0. The molecule has 0 bridgehead atoms. The summed E-state index contributed by atoms with van der Waals surface area (Å²) in [6.07, 6.45) is 1.42. The van der Waals surface area contributed by atoms with E-state index in [2.05, 4.69) is 25.9 Å². The van der Waals surface area contributed by atoms with Gasteiger partial charge in [0.2, 0.25) is 0 Å². The van der Waals surface area contributed by atoms with Crippen LogP contribution < -0.4 is 0 Å². The molecule has 0 N–H and O–H groups in total. The van der Waals surface area contributed by atoms with Crippen molar-refractivity contribution in [2.45, 2.75) is 0 Å². The summed E-state index contributed by atoms with van der Waals surface area (Å²) >= 11 is 9.13. The maximum absolute atomic E-state index is 12.8. The minimum Gasteiger partial charge on any atom is -0.236 e. The quantitative estimate of drug-likeness (QED) is 0.747. The zero-order valence-electron chi connectivity index (χ0n) is 7.42. The van der Waals surface area contributed by atoms with E-state index < -0.39 is 0 Å². The first-order valence-electron chi connectivity index (χ1n) is 4.10. The average Bonchev–Trinajstić information content (AvgIpc) is 2.17. The van der Waals surface area contributed by atoms with Crippen molar-refractivity contribution in [3.05, 3.63) is 46.0 Å². The Kier molecular flexibility index (Phi) is 2.98. The van der Waals surface area contributed by atoms with Gasteiger partial charge in [0.25, 0.3) is 0 Å². The Labute approximate surface area is 99.3 Å². The lowest BCUT2D eigenvalue weighted by molar-refractivity contribution is 0.628. The number of aromatic nitrogens is 2. The fraction of sp³-hybridized carbons (Fsp3) is 0. The highest BCUT2D eigenvalue weighted by atomic mass is 79.9. The second-order valence-corrected chi connectivity index (χ2v) is 4.07. The normalized spacial score (nSPS) is 10.3. The van der Waals surface area contributed by atoms with Crippen LogP contribution in [0.3, 0.4) is 0 Å². The molecule has 0 unspecified atom stereocenters. The minimum absolute atomic E-state index is 0.334. The molecule has 0 aliphatic rings. The molecule has 0 aliphatic heterocycles. The molecule has 15 heavy (non-hydrogen) atoms. The topological polar surface area (TPSA) is 25.8 Å². The van der Waals surface area contributed by atoms with Gasteiger partial charge in [-0.1, -0.05) is 11.6 Å². The van der Waals surface area contributed by atoms with E-state index in [-0.39, 0.29) is 5.82 Å². The summed E-state index contributed by atoms with van der Waals surface area (Å²) in [6.45, 7) is 0. The monoisotopic (exact) mass is 286 g/mol. The molecular formula is C10H5BrClFN2. The smallest absolute Gasteiger partial charge is 0.124 e. The SMILES string of the molecule is Fc1ccc(-c2cc(Br)ncn2)c(Cl)c1. The second-order valence-electron chi connectivity index (χ2n) is 2.85. The van der Waals surface area contributed by atoms with Crippen LogP contribution in [-0.2, 0) is 0 Å². The molecule has 0 radical (unpaired) electrons. The molecule has 5 heteroatoms. The van der Waals surface area contributed by atoms with Gasteiger partial charge in [-0.2, -0.15) is 0 Å². The van der Waals surface area contributed by atoms with Crippen LogP contribution in [0.1, 0.15) is 0 Å². The molecule has 0 atom stereocenters. The zero-order valence-corrected chi connectivity index (χ0v) is 9.76. The van der Waals surface area contributed by atoms with Crippen LogP contribution in [0.25, 0.3) is 11.3 Å². The van der Waals surface area contributed by atoms with Crippen molar-refractivity contribution in [2.75, 3.05) is 0 Å². The average molecular weight is 288 g/mol. The molecule has 2 aromatic rings. The summed E-state index contributed by atoms with van der Waals surface area (Å²) in [5, 5.41) is 0.334. The van der Waals surface area contributed by atoms with Gasteiger partial charge in [0, 0.05) is 5.56 Å². The fourth-order valence-corrected chi connectivity index (χ4v) is 1.75. The standard InChI is InChI=1S/C10H5BrClFN2/c11-10-4-9(14-5-15-10)7-2-1-6(13)3-8(7)12/h1-5H. The van der Waals surface area contributed by atoms with Crippen LogP contribution in [0.2, 0.25) is 5.02 Å². The van der Waals surface area contributed by atoms with E-state index in [4.69, 9.17) is 11.6 Å². The molecule has 0 saturated heterocycles. The highest BCUT2D eigenvalue weighted by molar-refractivity contribution is 9.10. The number of benzene rings is 1. The van der Waals surface area contributed by atoms with Gasteiger partial charge in [-0.3, -0.25) is 0 Å². The fourth-order valence-electron chi connectivity index (χ4n) is 1.18. The Morgan fingerprint density at radius 3 is 2.67 bits per heavy atom. The first-order chi connectivity index (χ1) is 7.16. The summed E-state index contributed by atoms with van der Waals surface area (Å²) in [5.74, 6) is -0.364. The van der Waals surface area contributed by atoms with Crippen molar-refractivity contribution in [1.29, 1.82) is 0 Å². The lowest BCUT2D eigenvalue weighted by Crippen LogP contribution is -1.87. The third-order valence-corrected chi connectivity index (χ3v) is 2.59. The van der Waals surface area contributed by atoms with Crippen LogP contribution in [0, 0.1) is 5.82 Å². The molecule has 1 aromatic carbocycles. The van der Waals surface area contributed by atoms with Crippen LogP contribution >= 0.6 is 27.5 Å². The van der Waals surface area contributed by atoms with Gasteiger partial charge in [0.1, 0.15) is 16.7 Å². The number of hydrogen-bond donors (Lipinski definition) is 0. The molecule has 0 saturated carbocycles. The van der Waals surface area contributed by atoms with Crippen LogP contribution in [-0.4, -0.2) is 9.97 Å². The zero-order chi connectivity index (χ0) is 10.8. The van der Waals surface area contributed by atoms with E-state index in [1.54, 1.807) is 12.1 Å². The van der Waals surface area contributed by atoms with Gasteiger partial charge in [-0.15, -0.1) is 0 Å². The highest BCUT2D eigenvalue weighted by Gasteiger charge is 2.06. The molecule has 2 nitrogen and oxygen atoms in total. The highest BCUT2D eigenvalue weighted by Crippen LogP contribution is 2.27. The maximum Gasteiger partial charge on any atom is 0.124 e. The van der Waals surface area contributed by atoms with Gasteiger partial charge in [0.05, 0.1) is 10.7 Å². The summed E-state index contributed by atoms with van der Waals surface area (Å²) in [5.41, 5.74) is 1.34. The predicted molar refractivity (Wildman–Crippen MR) is 60.1 cm³/mol. The van der Waals surface area contributed by atoms with Crippen molar-refractivity contribution < 1.29 is 4.39 Å². The first kappa shape index (κ1) is 10.5. The van der Waals surface area contributed by atoms with Crippen molar-refractivity contribution in [1.82, 2.24) is 9.97 Å². The molecule has 76 valence electrons. The van der Waals surface area contributed by atoms with Crippen molar-refractivity contribution in [3.8, 4) is 11.3 Å². The van der Waals surface area contributed by atoms with E-state index in [0.29, 0.717) is 20.9 Å². The van der Waals surface area contributed by atoms with Crippen molar-refractivity contribution >= 4 is 27.5 Å². The largest absolute Gasteiger partial charge is 0.236 e. The summed E-state index contributed by atoms with van der Waals surface area (Å²) < 4.78 is 13.5. The van der Waals surface area contributed by atoms with Gasteiger partial charge in [-0.25, -0.2) is 14.4 Å². The molecule has 1 aromatic heterocycles. The molecule has 0 spiro atoms. The third kappa shape index (κ3) is 2.33. The lowest BCUT2D eigenvalue weighted by Gasteiger charge is -2.03. The molecular weight excluding hydrogens is 282 g/mol. The van der Waals surface area contributed by atoms with Crippen molar-refractivity contribution in [3.63, 3.8) is 0 Å². The Balaban J connectivity index is 2.54. The van der Waals surface area contributed by atoms with E-state index in [1.165, 1.54) is 18.5 Å². The molecule has 0 aliphatic carbocycles. The van der Waals surface area contributed by atoms with Gasteiger partial charge in [-0.05, 0) is 40.2 Å². The van der Waals surface area contributed by atoms with Crippen LogP contribution in [0.15, 0.2) is 35.2 Å². The first-order valence-corrected chi connectivity index (χ1v) is 5.27. The maximum atomic E-state index is 12.8. The number of rotatable bonds is 1. The van der Waals surface area contributed by atoms with E-state index in [0.717, 1.165) is 0 Å². The molecule has 0 fully saturated rings. The number of hydrogen-bond acceptors (Lipinski definition) is 2. The van der Waals surface area contributed by atoms with Crippen molar-refractivity contribution in [2.24, 2.45) is 0 Å². The van der Waals surface area contributed by atoms with E-state index in [1.807, 2.05) is 0 Å². The Hall–Kier alpha value is -1.00. The van der Waals surface area contributed by atoms with Crippen LogP contribution in [0.4, 0.5) is 4.39 Å². The molecule has 1 heterocycles. The second kappa shape index (κ2) is 4.24. The minimum atomic E-state index is -0.364. The van der Waals surface area contributed by atoms with E-state index in [9.17, 15) is 4.39 Å². The Morgan fingerprint density at radius 2 is 2.00 bits per heavy atom. The number of nitrogens with zero attached hydrogens (tertiary/aromatic N) is 2. The van der Waals surface area contributed by atoms with Gasteiger partial charge in [0.15, 0.2) is 0 Å². The van der Waals surface area contributed by atoms with Gasteiger partial charge < -0.3 is 0 Å². The van der Waals surface area contributed by atoms with E-state index >= 15 is 0 Å². The Morgan fingerprint density at radius 1 is 1.20 bits per heavy atom. The van der Waals surface area contributed by atoms with Gasteiger partial charge >= 0.3 is 0 Å². The summed E-state index contributed by atoms with van der Waals surface area (Å²) in [6, 6.07) is 5.91.